The van der Waals surface area contributed by atoms with E-state index in [1.165, 1.54) is 0 Å². The van der Waals surface area contributed by atoms with Crippen LogP contribution in [0.1, 0.15) is 62.6 Å². The Bertz CT molecular complexity index is 1120. The molecule has 1 amide bonds. The number of hydrogen-bond donors (Lipinski definition) is 1. The van der Waals surface area contributed by atoms with Crippen molar-refractivity contribution < 1.29 is 33.6 Å². The molecule has 0 aromatic heterocycles. The van der Waals surface area contributed by atoms with Crippen molar-refractivity contribution in [2.24, 2.45) is 5.92 Å². The van der Waals surface area contributed by atoms with Crippen LogP contribution < -0.4 is 14.2 Å². The fraction of sp³-hybridized carbons (Fsp3) is 0.533. The summed E-state index contributed by atoms with van der Waals surface area (Å²) in [4.78, 5) is 29.2. The van der Waals surface area contributed by atoms with Gasteiger partial charge in [-0.05, 0) is 48.2 Å². The maximum Gasteiger partial charge on any atom is 0.506 e. The number of hydrogen-bond acceptors (Lipinski definition) is 7. The molecule has 0 bridgehead atoms. The molecule has 1 N–H and O–H groups in total. The van der Waals surface area contributed by atoms with Crippen molar-refractivity contribution in [3.05, 3.63) is 53.6 Å². The molecule has 2 aromatic carbocycles. The Morgan fingerprint density at radius 2 is 1.72 bits per heavy atom. The molecule has 1 fully saturated rings. The van der Waals surface area contributed by atoms with E-state index in [0.29, 0.717) is 31.1 Å². The lowest BCUT2D eigenvalue weighted by Gasteiger charge is -2.30. The van der Waals surface area contributed by atoms with E-state index in [1.807, 2.05) is 54.4 Å². The van der Waals surface area contributed by atoms with Gasteiger partial charge in [-0.15, -0.1) is 0 Å². The molecular formula is C30H40N2O7. The van der Waals surface area contributed by atoms with Gasteiger partial charge in [-0.2, -0.15) is 0 Å². The molecule has 0 saturated carbocycles. The van der Waals surface area contributed by atoms with Crippen molar-refractivity contribution in [3.8, 4) is 17.2 Å². The average Bonchev–Trinajstić information content (AvgIpc) is 3.55. The highest BCUT2D eigenvalue weighted by atomic mass is 16.7. The van der Waals surface area contributed by atoms with Gasteiger partial charge >= 0.3 is 6.16 Å². The Labute approximate surface area is 230 Å². The van der Waals surface area contributed by atoms with Crippen molar-refractivity contribution in [1.82, 2.24) is 9.80 Å². The molecule has 0 spiro atoms. The normalized spacial score (nSPS) is 20.3. The number of carbonyl (C=O) groups excluding carboxylic acids is 1. The SMILES string of the molecule is CCCC(CCC)C(=O)N(C)CCN1C[C@H](c2ccc3c(c2)OCO3)[C@H](OC(=O)O)[C@H]1c1ccc(OC)cc1. The maximum absolute atomic E-state index is 13.2. The molecule has 2 aliphatic heterocycles. The summed E-state index contributed by atoms with van der Waals surface area (Å²) in [6.45, 7) is 6.05. The minimum atomic E-state index is -1.32. The zero-order valence-corrected chi connectivity index (χ0v) is 23.3. The number of ether oxygens (including phenoxy) is 4. The van der Waals surface area contributed by atoms with Gasteiger partial charge in [0.15, 0.2) is 11.5 Å². The molecule has 2 aromatic rings. The van der Waals surface area contributed by atoms with Crippen molar-refractivity contribution in [2.45, 2.75) is 57.6 Å². The van der Waals surface area contributed by atoms with Gasteiger partial charge in [0.1, 0.15) is 11.9 Å². The van der Waals surface area contributed by atoms with Crippen molar-refractivity contribution in [3.63, 3.8) is 0 Å². The fourth-order valence-corrected chi connectivity index (χ4v) is 5.82. The van der Waals surface area contributed by atoms with Crippen molar-refractivity contribution >= 4 is 12.1 Å². The van der Waals surface area contributed by atoms with E-state index >= 15 is 0 Å². The van der Waals surface area contributed by atoms with E-state index in [2.05, 4.69) is 18.7 Å². The highest BCUT2D eigenvalue weighted by molar-refractivity contribution is 5.78. The number of nitrogens with zero attached hydrogens (tertiary/aromatic N) is 2. The van der Waals surface area contributed by atoms with Crippen LogP contribution in [0.4, 0.5) is 4.79 Å². The number of amides is 1. The lowest BCUT2D eigenvalue weighted by molar-refractivity contribution is -0.135. The Morgan fingerprint density at radius 3 is 2.36 bits per heavy atom. The lowest BCUT2D eigenvalue weighted by Crippen LogP contribution is -2.40. The summed E-state index contributed by atoms with van der Waals surface area (Å²) < 4.78 is 22.0. The first-order valence-electron chi connectivity index (χ1n) is 13.8. The van der Waals surface area contributed by atoms with E-state index in [0.717, 1.165) is 42.6 Å². The summed E-state index contributed by atoms with van der Waals surface area (Å²) >= 11 is 0. The number of carbonyl (C=O) groups is 2. The quantitative estimate of drug-likeness (QED) is 0.362. The Morgan fingerprint density at radius 1 is 1.05 bits per heavy atom. The van der Waals surface area contributed by atoms with Gasteiger partial charge in [-0.25, -0.2) is 4.79 Å². The molecule has 1 saturated heterocycles. The monoisotopic (exact) mass is 540 g/mol. The molecule has 9 heteroatoms. The maximum atomic E-state index is 13.2. The molecule has 2 aliphatic rings. The van der Waals surface area contributed by atoms with Crippen LogP contribution in [0.3, 0.4) is 0 Å². The topological polar surface area (TPSA) is 97.8 Å². The molecule has 9 nitrogen and oxygen atoms in total. The van der Waals surface area contributed by atoms with Crippen LogP contribution in [0.15, 0.2) is 42.5 Å². The van der Waals surface area contributed by atoms with Gasteiger partial charge < -0.3 is 29.0 Å². The summed E-state index contributed by atoms with van der Waals surface area (Å²) in [5.41, 5.74) is 1.84. The molecule has 4 rings (SSSR count). The minimum absolute atomic E-state index is 0.0328. The Hall–Kier alpha value is -3.46. The van der Waals surface area contributed by atoms with Crippen LogP contribution in [-0.4, -0.2) is 73.7 Å². The molecular weight excluding hydrogens is 500 g/mol. The van der Waals surface area contributed by atoms with Gasteiger partial charge in [0.25, 0.3) is 0 Å². The highest BCUT2D eigenvalue weighted by Gasteiger charge is 2.46. The van der Waals surface area contributed by atoms with Crippen molar-refractivity contribution in [1.29, 1.82) is 0 Å². The number of fused-ring (bicyclic) bond motifs is 1. The van der Waals surface area contributed by atoms with Crippen LogP contribution >= 0.6 is 0 Å². The molecule has 0 unspecified atom stereocenters. The summed E-state index contributed by atoms with van der Waals surface area (Å²) in [6, 6.07) is 13.0. The third kappa shape index (κ3) is 6.58. The molecule has 0 aliphatic carbocycles. The Balaban J connectivity index is 1.62. The smallest absolute Gasteiger partial charge is 0.497 e. The zero-order valence-electron chi connectivity index (χ0n) is 23.3. The summed E-state index contributed by atoms with van der Waals surface area (Å²) in [5, 5.41) is 9.72. The average molecular weight is 541 g/mol. The fourth-order valence-electron chi connectivity index (χ4n) is 5.82. The number of rotatable bonds is 12. The first-order chi connectivity index (χ1) is 18.9. The lowest BCUT2D eigenvalue weighted by atomic mass is 9.90. The van der Waals surface area contributed by atoms with Crippen LogP contribution in [0, 0.1) is 5.92 Å². The number of likely N-dealkylation sites (N-methyl/N-ethyl adjacent to an activating group) is 1. The number of benzene rings is 2. The third-order valence-electron chi connectivity index (χ3n) is 7.77. The summed E-state index contributed by atoms with van der Waals surface area (Å²) in [7, 11) is 3.47. The molecule has 3 atom stereocenters. The molecule has 39 heavy (non-hydrogen) atoms. The second-order valence-electron chi connectivity index (χ2n) is 10.3. The van der Waals surface area contributed by atoms with E-state index < -0.39 is 12.3 Å². The number of likely N-dealkylation sites (tertiary alicyclic amines) is 1. The van der Waals surface area contributed by atoms with Gasteiger partial charge in [0.05, 0.1) is 13.2 Å². The highest BCUT2D eigenvalue weighted by Crippen LogP contribution is 2.45. The summed E-state index contributed by atoms with van der Waals surface area (Å²) in [5.74, 6) is 2.00. The van der Waals surface area contributed by atoms with E-state index in [9.17, 15) is 14.7 Å². The first kappa shape index (κ1) is 28.5. The number of carboxylic acid groups (broad SMARTS) is 1. The zero-order chi connectivity index (χ0) is 27.9. The Kier molecular flexibility index (Phi) is 9.56. The molecule has 0 radical (unpaired) electrons. The second-order valence-corrected chi connectivity index (χ2v) is 10.3. The van der Waals surface area contributed by atoms with Crippen molar-refractivity contribution in [2.75, 3.05) is 40.6 Å². The van der Waals surface area contributed by atoms with Gasteiger partial charge in [0, 0.05) is 38.5 Å². The summed E-state index contributed by atoms with van der Waals surface area (Å²) in [6.07, 6.45) is 1.74. The first-order valence-corrected chi connectivity index (χ1v) is 13.8. The van der Waals surface area contributed by atoms with Gasteiger partial charge in [0.2, 0.25) is 12.7 Å². The van der Waals surface area contributed by atoms with Crippen LogP contribution in [-0.2, 0) is 9.53 Å². The van der Waals surface area contributed by atoms with E-state index in [-0.39, 0.29) is 30.6 Å². The van der Waals surface area contributed by atoms with E-state index in [4.69, 9.17) is 18.9 Å². The van der Waals surface area contributed by atoms with Crippen LogP contribution in [0.5, 0.6) is 17.2 Å². The predicted molar refractivity (Wildman–Crippen MR) is 146 cm³/mol. The van der Waals surface area contributed by atoms with Crippen LogP contribution in [0.2, 0.25) is 0 Å². The largest absolute Gasteiger partial charge is 0.506 e. The van der Waals surface area contributed by atoms with E-state index in [1.54, 1.807) is 7.11 Å². The van der Waals surface area contributed by atoms with Gasteiger partial charge in [-0.1, -0.05) is 44.9 Å². The standard InChI is InChI=1S/C30H40N2O7/c1-5-7-21(8-6-2)29(33)31(3)15-16-32-18-24(22-11-14-25-26(17-22)38-19-37-25)28(39-30(34)35)27(32)20-9-12-23(36-4)13-10-20/h9-14,17,21,24,27-28H,5-8,15-16,18-19H2,1-4H3,(H,34,35)/t24-,27-,28+/m1/s1. The second kappa shape index (κ2) is 13.1. The number of methoxy groups -OCH3 is 1. The van der Waals surface area contributed by atoms with Gasteiger partial charge in [-0.3, -0.25) is 9.69 Å². The molecule has 212 valence electrons. The van der Waals surface area contributed by atoms with Crippen LogP contribution in [0.25, 0.3) is 0 Å². The molecule has 2 heterocycles. The predicted octanol–water partition coefficient (Wildman–Crippen LogP) is 5.30. The minimum Gasteiger partial charge on any atom is -0.497 e. The third-order valence-corrected chi connectivity index (χ3v) is 7.77.